The van der Waals surface area contributed by atoms with Gasteiger partial charge in [-0.1, -0.05) is 23.7 Å². The van der Waals surface area contributed by atoms with Crippen LogP contribution in [0.1, 0.15) is 29.8 Å². The van der Waals surface area contributed by atoms with Crippen molar-refractivity contribution in [3.8, 4) is 0 Å². The summed E-state index contributed by atoms with van der Waals surface area (Å²) < 4.78 is 0. The molecule has 0 radical (unpaired) electrons. The molecule has 1 fully saturated rings. The summed E-state index contributed by atoms with van der Waals surface area (Å²) in [5.74, 6) is 0.753. The van der Waals surface area contributed by atoms with Crippen LogP contribution in [0.25, 0.3) is 0 Å². The molecule has 1 N–H and O–H groups in total. The van der Waals surface area contributed by atoms with Crippen LogP contribution in [0.5, 0.6) is 0 Å². The maximum atomic E-state index is 5.97. The highest BCUT2D eigenvalue weighted by Gasteiger charge is 2.21. The number of H-pyrrole nitrogens is 1. The number of halogens is 1. The number of aryl methyl sites for hydroxylation is 1. The van der Waals surface area contributed by atoms with Crippen LogP contribution in [0.4, 0.5) is 0 Å². The van der Waals surface area contributed by atoms with Crippen molar-refractivity contribution in [2.24, 2.45) is 5.92 Å². The second-order valence-electron chi connectivity index (χ2n) is 7.36. The van der Waals surface area contributed by atoms with Crippen LogP contribution in [0.2, 0.25) is 5.02 Å². The molecule has 1 saturated heterocycles. The standard InChI is InChI=1S/C20H29ClN4/c1-16-20(23-15-22-16)14-24(2)12-18-4-3-10-25(13-18)11-9-17-5-7-19(21)8-6-17/h5-8,15,18H,3-4,9-14H2,1-2H3,(H,22,23)/t18-/m1/s1. The Hall–Kier alpha value is -1.36. The van der Waals surface area contributed by atoms with Crippen molar-refractivity contribution in [3.05, 3.63) is 52.6 Å². The predicted molar refractivity (Wildman–Crippen MR) is 104 cm³/mol. The fourth-order valence-corrected chi connectivity index (χ4v) is 3.88. The molecule has 1 aromatic carbocycles. The molecule has 3 rings (SSSR count). The van der Waals surface area contributed by atoms with Crippen LogP contribution in [0, 0.1) is 12.8 Å². The first-order valence-electron chi connectivity index (χ1n) is 9.24. The van der Waals surface area contributed by atoms with E-state index in [1.807, 2.05) is 12.1 Å². The largest absolute Gasteiger partial charge is 0.348 e. The molecule has 1 atom stereocenters. The normalized spacial score (nSPS) is 18.8. The molecule has 4 nitrogen and oxygen atoms in total. The summed E-state index contributed by atoms with van der Waals surface area (Å²) in [6.07, 6.45) is 5.53. The third-order valence-corrected chi connectivity index (χ3v) is 5.41. The van der Waals surface area contributed by atoms with Gasteiger partial charge in [0.15, 0.2) is 0 Å². The van der Waals surface area contributed by atoms with Gasteiger partial charge in [-0.05, 0) is 63.4 Å². The summed E-state index contributed by atoms with van der Waals surface area (Å²) in [5, 5.41) is 0.817. The molecule has 1 aliphatic heterocycles. The lowest BCUT2D eigenvalue weighted by atomic mass is 9.97. The molecule has 2 aromatic rings. The Morgan fingerprint density at radius 2 is 2.12 bits per heavy atom. The molecule has 136 valence electrons. The lowest BCUT2D eigenvalue weighted by molar-refractivity contribution is 0.142. The number of likely N-dealkylation sites (tertiary alicyclic amines) is 1. The first-order chi connectivity index (χ1) is 12.1. The van der Waals surface area contributed by atoms with Gasteiger partial charge < -0.3 is 14.8 Å². The first kappa shape index (κ1) is 18.4. The number of hydrogen-bond acceptors (Lipinski definition) is 3. The number of rotatable bonds is 7. The van der Waals surface area contributed by atoms with E-state index in [-0.39, 0.29) is 0 Å². The van der Waals surface area contributed by atoms with Gasteiger partial charge in [0.2, 0.25) is 0 Å². The lowest BCUT2D eigenvalue weighted by Crippen LogP contribution is -2.40. The van der Waals surface area contributed by atoms with E-state index in [4.69, 9.17) is 11.6 Å². The summed E-state index contributed by atoms with van der Waals surface area (Å²) in [7, 11) is 2.21. The zero-order valence-corrected chi connectivity index (χ0v) is 16.1. The monoisotopic (exact) mass is 360 g/mol. The maximum absolute atomic E-state index is 5.97. The van der Waals surface area contributed by atoms with Crippen molar-refractivity contribution in [2.75, 3.05) is 33.2 Å². The quantitative estimate of drug-likeness (QED) is 0.816. The van der Waals surface area contributed by atoms with Gasteiger partial charge in [-0.25, -0.2) is 4.98 Å². The summed E-state index contributed by atoms with van der Waals surface area (Å²) in [5.41, 5.74) is 3.72. The van der Waals surface area contributed by atoms with Crippen LogP contribution in [0.3, 0.4) is 0 Å². The number of piperidine rings is 1. The van der Waals surface area contributed by atoms with Crippen molar-refractivity contribution in [2.45, 2.75) is 32.7 Å². The molecule has 0 amide bonds. The van der Waals surface area contributed by atoms with Crippen LogP contribution >= 0.6 is 11.6 Å². The smallest absolute Gasteiger partial charge is 0.0925 e. The van der Waals surface area contributed by atoms with E-state index in [9.17, 15) is 0 Å². The molecule has 1 aromatic heterocycles. The number of nitrogens with zero attached hydrogens (tertiary/aromatic N) is 3. The summed E-state index contributed by atoms with van der Waals surface area (Å²) >= 11 is 5.97. The van der Waals surface area contributed by atoms with Crippen molar-refractivity contribution < 1.29 is 0 Å². The number of hydrogen-bond donors (Lipinski definition) is 1. The third kappa shape index (κ3) is 5.56. The van der Waals surface area contributed by atoms with Gasteiger partial charge in [0.25, 0.3) is 0 Å². The maximum Gasteiger partial charge on any atom is 0.0925 e. The summed E-state index contributed by atoms with van der Waals surface area (Å²) in [4.78, 5) is 12.6. The van der Waals surface area contributed by atoms with Gasteiger partial charge in [0, 0.05) is 36.9 Å². The minimum Gasteiger partial charge on any atom is -0.348 e. The van der Waals surface area contributed by atoms with Crippen LogP contribution in [-0.4, -0.2) is 53.0 Å². The average molecular weight is 361 g/mol. The Labute approximate surface area is 156 Å². The van der Waals surface area contributed by atoms with E-state index in [0.717, 1.165) is 42.7 Å². The highest BCUT2D eigenvalue weighted by Crippen LogP contribution is 2.19. The van der Waals surface area contributed by atoms with Gasteiger partial charge >= 0.3 is 0 Å². The molecular weight excluding hydrogens is 332 g/mol. The Bertz CT molecular complexity index is 652. The second kappa shape index (κ2) is 8.84. The highest BCUT2D eigenvalue weighted by atomic mass is 35.5. The second-order valence-corrected chi connectivity index (χ2v) is 7.79. The fraction of sp³-hybridized carbons (Fsp3) is 0.550. The van der Waals surface area contributed by atoms with E-state index < -0.39 is 0 Å². The van der Waals surface area contributed by atoms with Crippen molar-refractivity contribution in [1.29, 1.82) is 0 Å². The molecule has 0 spiro atoms. The Morgan fingerprint density at radius 3 is 2.84 bits per heavy atom. The summed E-state index contributed by atoms with van der Waals surface area (Å²) in [6.45, 7) is 7.74. The Kier molecular flexibility index (Phi) is 6.51. The zero-order valence-electron chi connectivity index (χ0n) is 15.3. The van der Waals surface area contributed by atoms with E-state index in [1.54, 1.807) is 6.33 Å². The molecule has 25 heavy (non-hydrogen) atoms. The van der Waals surface area contributed by atoms with Crippen molar-refractivity contribution in [3.63, 3.8) is 0 Å². The molecule has 0 unspecified atom stereocenters. The zero-order chi connectivity index (χ0) is 17.6. The third-order valence-electron chi connectivity index (χ3n) is 5.16. The van der Waals surface area contributed by atoms with Crippen molar-refractivity contribution >= 4 is 11.6 Å². The van der Waals surface area contributed by atoms with E-state index in [1.165, 1.54) is 37.2 Å². The molecular formula is C20H29ClN4. The molecule has 2 heterocycles. The number of benzene rings is 1. The average Bonchev–Trinajstić information content (AvgIpc) is 2.99. The molecule has 0 aliphatic carbocycles. The number of aromatic nitrogens is 2. The van der Waals surface area contributed by atoms with Crippen LogP contribution < -0.4 is 0 Å². The van der Waals surface area contributed by atoms with E-state index >= 15 is 0 Å². The van der Waals surface area contributed by atoms with Gasteiger partial charge in [-0.2, -0.15) is 0 Å². The molecule has 0 bridgehead atoms. The minimum atomic E-state index is 0.753. The minimum absolute atomic E-state index is 0.753. The Morgan fingerprint density at radius 1 is 1.32 bits per heavy atom. The van der Waals surface area contributed by atoms with E-state index in [0.29, 0.717) is 0 Å². The first-order valence-corrected chi connectivity index (χ1v) is 9.62. The lowest BCUT2D eigenvalue weighted by Gasteiger charge is -2.34. The van der Waals surface area contributed by atoms with E-state index in [2.05, 4.69) is 45.9 Å². The number of nitrogens with one attached hydrogen (secondary N) is 1. The highest BCUT2D eigenvalue weighted by molar-refractivity contribution is 6.30. The topological polar surface area (TPSA) is 35.2 Å². The van der Waals surface area contributed by atoms with Crippen LogP contribution in [-0.2, 0) is 13.0 Å². The number of imidazole rings is 1. The van der Waals surface area contributed by atoms with Crippen LogP contribution in [0.15, 0.2) is 30.6 Å². The molecule has 5 heteroatoms. The molecule has 1 aliphatic rings. The van der Waals surface area contributed by atoms with Crippen molar-refractivity contribution in [1.82, 2.24) is 19.8 Å². The molecule has 0 saturated carbocycles. The Balaban J connectivity index is 1.44. The van der Waals surface area contributed by atoms with Gasteiger partial charge in [-0.15, -0.1) is 0 Å². The SMILES string of the molecule is Cc1[nH]cnc1CN(C)C[C@H]1CCCN(CCc2ccc(Cl)cc2)C1. The predicted octanol–water partition coefficient (Wildman–Crippen LogP) is 3.76. The van der Waals surface area contributed by atoms with Gasteiger partial charge in [0.05, 0.1) is 12.0 Å². The fourth-order valence-electron chi connectivity index (χ4n) is 3.75. The number of aromatic amines is 1. The summed E-state index contributed by atoms with van der Waals surface area (Å²) in [6, 6.07) is 8.26. The van der Waals surface area contributed by atoms with Gasteiger partial charge in [-0.3, -0.25) is 0 Å². The van der Waals surface area contributed by atoms with Gasteiger partial charge in [0.1, 0.15) is 0 Å².